The summed E-state index contributed by atoms with van der Waals surface area (Å²) < 4.78 is 36.7. The van der Waals surface area contributed by atoms with Crippen LogP contribution in [0, 0.1) is 11.3 Å². The largest absolute Gasteiger partial charge is 0.433 e. The van der Waals surface area contributed by atoms with Crippen molar-refractivity contribution < 1.29 is 13.2 Å². The molecule has 0 aromatic carbocycles. The Labute approximate surface area is 83.7 Å². The minimum absolute atomic E-state index is 0.0635. The van der Waals surface area contributed by atoms with E-state index in [9.17, 15) is 13.2 Å². The molecule has 0 amide bonds. The highest BCUT2D eigenvalue weighted by molar-refractivity contribution is 5.61. The molecule has 0 aliphatic carbocycles. The van der Waals surface area contributed by atoms with E-state index in [4.69, 9.17) is 11.0 Å². The maximum Gasteiger partial charge on any atom is 0.433 e. The van der Waals surface area contributed by atoms with E-state index in [-0.39, 0.29) is 11.4 Å². The molecule has 0 bridgehead atoms. The molecule has 3 nitrogen and oxygen atoms in total. The highest BCUT2D eigenvalue weighted by Gasteiger charge is 2.32. The van der Waals surface area contributed by atoms with Gasteiger partial charge in [0.25, 0.3) is 0 Å². The molecule has 15 heavy (non-hydrogen) atoms. The van der Waals surface area contributed by atoms with E-state index in [1.54, 1.807) is 6.07 Å². The molecular weight excluding hydrogens is 207 g/mol. The Hall–Kier alpha value is -2.03. The number of aromatic nitrogens is 1. The number of nitrogens with zero attached hydrogens (tertiary/aromatic N) is 2. The third-order valence-corrected chi connectivity index (χ3v) is 1.56. The van der Waals surface area contributed by atoms with Gasteiger partial charge in [0.2, 0.25) is 0 Å². The van der Waals surface area contributed by atoms with Gasteiger partial charge in [-0.2, -0.15) is 18.4 Å². The van der Waals surface area contributed by atoms with E-state index in [0.29, 0.717) is 0 Å². The molecule has 0 aliphatic heterocycles. The predicted molar refractivity (Wildman–Crippen MR) is 47.0 cm³/mol. The Bertz CT molecular complexity index is 429. The van der Waals surface area contributed by atoms with E-state index >= 15 is 0 Å². The molecular formula is C9H6F3N3. The van der Waals surface area contributed by atoms with Crippen molar-refractivity contribution in [2.24, 2.45) is 5.73 Å². The number of pyridine rings is 1. The van der Waals surface area contributed by atoms with Crippen LogP contribution in [0.15, 0.2) is 24.3 Å². The lowest BCUT2D eigenvalue weighted by Gasteiger charge is -2.06. The SMILES string of the molecule is N#C/C=C(/N)c1cccc(C(F)(F)F)n1. The summed E-state index contributed by atoms with van der Waals surface area (Å²) in [5.74, 6) is 0. The van der Waals surface area contributed by atoms with Crippen LogP contribution >= 0.6 is 0 Å². The van der Waals surface area contributed by atoms with Crippen LogP contribution in [0.5, 0.6) is 0 Å². The number of nitrogens with two attached hydrogens (primary N) is 1. The lowest BCUT2D eigenvalue weighted by molar-refractivity contribution is -0.141. The van der Waals surface area contributed by atoms with Gasteiger partial charge >= 0.3 is 6.18 Å². The number of alkyl halides is 3. The molecule has 2 N–H and O–H groups in total. The highest BCUT2D eigenvalue weighted by Crippen LogP contribution is 2.27. The average Bonchev–Trinajstić information content (AvgIpc) is 2.17. The van der Waals surface area contributed by atoms with Gasteiger partial charge in [-0.1, -0.05) is 6.07 Å². The molecule has 1 rings (SSSR count). The van der Waals surface area contributed by atoms with Crippen molar-refractivity contribution in [1.29, 1.82) is 5.26 Å². The first kappa shape index (κ1) is 11.0. The number of rotatable bonds is 1. The fraction of sp³-hybridized carbons (Fsp3) is 0.111. The summed E-state index contributed by atoms with van der Waals surface area (Å²) >= 11 is 0. The van der Waals surface area contributed by atoms with Gasteiger partial charge in [-0.25, -0.2) is 4.98 Å². The van der Waals surface area contributed by atoms with E-state index in [1.165, 1.54) is 12.1 Å². The maximum atomic E-state index is 12.2. The monoisotopic (exact) mass is 213 g/mol. The summed E-state index contributed by atoms with van der Waals surface area (Å²) in [5, 5.41) is 8.27. The summed E-state index contributed by atoms with van der Waals surface area (Å²) in [6.45, 7) is 0. The number of hydrogen-bond donors (Lipinski definition) is 1. The van der Waals surface area contributed by atoms with E-state index < -0.39 is 11.9 Å². The molecule has 1 heterocycles. The van der Waals surface area contributed by atoms with Crippen LogP contribution in [0.2, 0.25) is 0 Å². The van der Waals surface area contributed by atoms with Crippen LogP contribution in [-0.2, 0) is 6.18 Å². The molecule has 6 heteroatoms. The molecule has 78 valence electrons. The van der Waals surface area contributed by atoms with E-state index in [1.807, 2.05) is 0 Å². The van der Waals surface area contributed by atoms with Crippen molar-refractivity contribution in [3.05, 3.63) is 35.7 Å². The zero-order valence-corrected chi connectivity index (χ0v) is 7.42. The quantitative estimate of drug-likeness (QED) is 0.725. The Morgan fingerprint density at radius 1 is 1.47 bits per heavy atom. The van der Waals surface area contributed by atoms with E-state index in [0.717, 1.165) is 12.1 Å². The normalized spacial score (nSPS) is 12.3. The average molecular weight is 213 g/mol. The van der Waals surface area contributed by atoms with Gasteiger partial charge in [-0.3, -0.25) is 0 Å². The van der Waals surface area contributed by atoms with Crippen LogP contribution in [0.3, 0.4) is 0 Å². The summed E-state index contributed by atoms with van der Waals surface area (Å²) in [7, 11) is 0. The fourth-order valence-corrected chi connectivity index (χ4v) is 0.897. The summed E-state index contributed by atoms with van der Waals surface area (Å²) in [6.07, 6.45) is -3.58. The molecule has 1 aromatic rings. The molecule has 0 saturated carbocycles. The van der Waals surface area contributed by atoms with Crippen molar-refractivity contribution in [3.63, 3.8) is 0 Å². The second-order valence-electron chi connectivity index (χ2n) is 2.63. The van der Waals surface area contributed by atoms with Crippen molar-refractivity contribution >= 4 is 5.70 Å². The van der Waals surface area contributed by atoms with Crippen molar-refractivity contribution in [2.45, 2.75) is 6.18 Å². The number of halogens is 3. The van der Waals surface area contributed by atoms with Gasteiger partial charge in [0, 0.05) is 6.08 Å². The highest BCUT2D eigenvalue weighted by atomic mass is 19.4. The van der Waals surface area contributed by atoms with Gasteiger partial charge in [0.05, 0.1) is 17.5 Å². The minimum Gasteiger partial charge on any atom is -0.396 e. The lowest BCUT2D eigenvalue weighted by Crippen LogP contribution is -2.10. The molecule has 0 spiro atoms. The molecule has 1 aromatic heterocycles. The third kappa shape index (κ3) is 2.71. The zero-order valence-electron chi connectivity index (χ0n) is 7.42. The van der Waals surface area contributed by atoms with Crippen LogP contribution < -0.4 is 5.73 Å². The van der Waals surface area contributed by atoms with Crippen molar-refractivity contribution in [1.82, 2.24) is 4.98 Å². The minimum atomic E-state index is -4.51. The maximum absolute atomic E-state index is 12.2. The first-order valence-electron chi connectivity index (χ1n) is 3.85. The van der Waals surface area contributed by atoms with Crippen molar-refractivity contribution in [2.75, 3.05) is 0 Å². The Balaban J connectivity index is 3.15. The molecule has 0 saturated heterocycles. The van der Waals surface area contributed by atoms with Gasteiger partial charge in [0.15, 0.2) is 0 Å². The van der Waals surface area contributed by atoms with Gasteiger partial charge < -0.3 is 5.73 Å². The Morgan fingerprint density at radius 3 is 2.67 bits per heavy atom. The van der Waals surface area contributed by atoms with E-state index in [2.05, 4.69) is 4.98 Å². The predicted octanol–water partition coefficient (Wildman–Crippen LogP) is 1.92. The molecule has 0 aliphatic rings. The lowest BCUT2D eigenvalue weighted by atomic mass is 10.2. The number of allylic oxidation sites excluding steroid dienone is 1. The van der Waals surface area contributed by atoms with Crippen LogP contribution in [0.1, 0.15) is 11.4 Å². The third-order valence-electron chi connectivity index (χ3n) is 1.56. The topological polar surface area (TPSA) is 62.7 Å². The Morgan fingerprint density at radius 2 is 2.13 bits per heavy atom. The number of hydrogen-bond acceptors (Lipinski definition) is 3. The first-order chi connectivity index (χ1) is 6.95. The molecule has 0 atom stereocenters. The fourth-order valence-electron chi connectivity index (χ4n) is 0.897. The van der Waals surface area contributed by atoms with Crippen LogP contribution in [0.25, 0.3) is 5.70 Å². The van der Waals surface area contributed by atoms with Crippen LogP contribution in [-0.4, -0.2) is 4.98 Å². The molecule has 0 fully saturated rings. The smallest absolute Gasteiger partial charge is 0.396 e. The number of nitriles is 1. The molecule has 0 unspecified atom stereocenters. The van der Waals surface area contributed by atoms with Gasteiger partial charge in [-0.05, 0) is 12.1 Å². The summed E-state index contributed by atoms with van der Waals surface area (Å²) in [6, 6.07) is 4.94. The molecule has 0 radical (unpaired) electrons. The second-order valence-corrected chi connectivity index (χ2v) is 2.63. The summed E-state index contributed by atoms with van der Waals surface area (Å²) in [4.78, 5) is 3.29. The van der Waals surface area contributed by atoms with Crippen molar-refractivity contribution in [3.8, 4) is 6.07 Å². The Kier molecular flexibility index (Phi) is 2.95. The van der Waals surface area contributed by atoms with Gasteiger partial charge in [-0.15, -0.1) is 0 Å². The second kappa shape index (κ2) is 4.00. The zero-order chi connectivity index (χ0) is 11.5. The summed E-state index contributed by atoms with van der Waals surface area (Å²) in [5.41, 5.74) is 4.14. The standard InChI is InChI=1S/C9H6F3N3/c10-9(11,12)8-3-1-2-7(15-8)6(14)4-5-13/h1-4H,14H2/b6-4+. The van der Waals surface area contributed by atoms with Crippen LogP contribution in [0.4, 0.5) is 13.2 Å². The van der Waals surface area contributed by atoms with Gasteiger partial charge in [0.1, 0.15) is 5.69 Å². The first-order valence-corrected chi connectivity index (χ1v) is 3.85.